The molecule has 0 radical (unpaired) electrons. The number of carbonyl (C=O) groups excluding carboxylic acids is 2. The first-order valence-corrected chi connectivity index (χ1v) is 6.85. The standard InChI is InChI=1S/C14H13N3O2S/c1-8-3-5-10(6-4-8)17-13(19)9(2)20-14(17)11(7-15)12(16)18/h3-6,9H,1-2H3,(H2,16,18)/b14-11+/t9-/m1/s1. The number of nitriles is 1. The number of nitrogens with two attached hydrogens (primary N) is 1. The van der Waals surface area contributed by atoms with Crippen LogP contribution in [0.1, 0.15) is 12.5 Å². The molecule has 0 aliphatic carbocycles. The van der Waals surface area contributed by atoms with Crippen LogP contribution >= 0.6 is 11.8 Å². The zero-order valence-electron chi connectivity index (χ0n) is 11.1. The van der Waals surface area contributed by atoms with Gasteiger partial charge in [-0.25, -0.2) is 0 Å². The molecule has 5 nitrogen and oxygen atoms in total. The molecule has 102 valence electrons. The smallest absolute Gasteiger partial charge is 0.262 e. The van der Waals surface area contributed by atoms with Crippen molar-refractivity contribution >= 4 is 29.3 Å². The molecule has 1 aromatic rings. The summed E-state index contributed by atoms with van der Waals surface area (Å²) in [5.74, 6) is -0.989. The Morgan fingerprint density at radius 3 is 2.50 bits per heavy atom. The molecular formula is C14H13N3O2S. The van der Waals surface area contributed by atoms with Gasteiger partial charge in [0.25, 0.3) is 5.91 Å². The van der Waals surface area contributed by atoms with Gasteiger partial charge in [-0.3, -0.25) is 14.5 Å². The van der Waals surface area contributed by atoms with Gasteiger partial charge in [-0.05, 0) is 26.0 Å². The molecule has 20 heavy (non-hydrogen) atoms. The van der Waals surface area contributed by atoms with E-state index in [1.54, 1.807) is 25.1 Å². The molecule has 1 saturated heterocycles. The Kier molecular flexibility index (Phi) is 3.81. The highest BCUT2D eigenvalue weighted by molar-refractivity contribution is 8.05. The average molecular weight is 287 g/mol. The van der Waals surface area contributed by atoms with Gasteiger partial charge in [-0.15, -0.1) is 0 Å². The summed E-state index contributed by atoms with van der Waals surface area (Å²) in [7, 11) is 0. The van der Waals surface area contributed by atoms with E-state index in [0.717, 1.165) is 5.56 Å². The number of carbonyl (C=O) groups is 2. The minimum absolute atomic E-state index is 0.164. The molecule has 0 saturated carbocycles. The molecule has 0 spiro atoms. The van der Waals surface area contributed by atoms with E-state index < -0.39 is 5.91 Å². The number of thioether (sulfide) groups is 1. The molecule has 1 aromatic carbocycles. The van der Waals surface area contributed by atoms with Gasteiger partial charge < -0.3 is 5.73 Å². The first-order chi connectivity index (χ1) is 9.45. The van der Waals surface area contributed by atoms with E-state index in [0.29, 0.717) is 10.7 Å². The number of primary amides is 1. The number of amides is 2. The minimum Gasteiger partial charge on any atom is -0.365 e. The van der Waals surface area contributed by atoms with Crippen molar-refractivity contribution in [2.24, 2.45) is 5.73 Å². The summed E-state index contributed by atoms with van der Waals surface area (Å²) in [4.78, 5) is 25.0. The van der Waals surface area contributed by atoms with Crippen LogP contribution in [0.25, 0.3) is 0 Å². The summed E-state index contributed by atoms with van der Waals surface area (Å²) < 4.78 is 0. The Morgan fingerprint density at radius 2 is 2.00 bits per heavy atom. The average Bonchev–Trinajstić information content (AvgIpc) is 2.68. The van der Waals surface area contributed by atoms with Crippen LogP contribution in [-0.2, 0) is 9.59 Å². The predicted molar refractivity (Wildman–Crippen MR) is 77.6 cm³/mol. The molecule has 2 N–H and O–H groups in total. The van der Waals surface area contributed by atoms with Crippen molar-refractivity contribution in [2.75, 3.05) is 4.90 Å². The highest BCUT2D eigenvalue weighted by atomic mass is 32.2. The summed E-state index contributed by atoms with van der Waals surface area (Å²) in [5.41, 5.74) is 6.71. The minimum atomic E-state index is -0.825. The Bertz CT molecular complexity index is 643. The summed E-state index contributed by atoms with van der Waals surface area (Å²) in [6.45, 7) is 3.67. The van der Waals surface area contributed by atoms with E-state index in [-0.39, 0.29) is 16.7 Å². The molecule has 2 rings (SSSR count). The van der Waals surface area contributed by atoms with Crippen LogP contribution in [0, 0.1) is 18.3 Å². The number of aryl methyl sites for hydroxylation is 1. The lowest BCUT2D eigenvalue weighted by Crippen LogP contribution is -2.29. The van der Waals surface area contributed by atoms with Gasteiger partial charge in [0, 0.05) is 5.69 Å². The Hall–Kier alpha value is -2.26. The van der Waals surface area contributed by atoms with Crippen molar-refractivity contribution in [1.29, 1.82) is 5.26 Å². The summed E-state index contributed by atoms with van der Waals surface area (Å²) in [5, 5.41) is 9.03. The molecule has 6 heteroatoms. The highest BCUT2D eigenvalue weighted by Gasteiger charge is 2.37. The van der Waals surface area contributed by atoms with Crippen LogP contribution in [0.15, 0.2) is 34.9 Å². The van der Waals surface area contributed by atoms with E-state index in [1.165, 1.54) is 16.7 Å². The molecule has 1 atom stereocenters. The molecule has 0 bridgehead atoms. The molecule has 1 aliphatic rings. The lowest BCUT2D eigenvalue weighted by molar-refractivity contribution is -0.116. The normalized spacial score (nSPS) is 20.8. The Morgan fingerprint density at radius 1 is 1.40 bits per heavy atom. The summed E-state index contributed by atoms with van der Waals surface area (Å²) in [6.07, 6.45) is 0. The monoisotopic (exact) mass is 287 g/mol. The van der Waals surface area contributed by atoms with Gasteiger partial charge in [0.1, 0.15) is 16.7 Å². The molecular weight excluding hydrogens is 274 g/mol. The maximum Gasteiger partial charge on any atom is 0.262 e. The number of hydrogen-bond donors (Lipinski definition) is 1. The quantitative estimate of drug-likeness (QED) is 0.662. The van der Waals surface area contributed by atoms with Crippen LogP contribution in [0.5, 0.6) is 0 Å². The van der Waals surface area contributed by atoms with E-state index in [1.807, 2.05) is 19.1 Å². The molecule has 1 aliphatic heterocycles. The number of hydrogen-bond acceptors (Lipinski definition) is 4. The van der Waals surface area contributed by atoms with E-state index >= 15 is 0 Å². The van der Waals surface area contributed by atoms with Crippen LogP contribution in [-0.4, -0.2) is 17.1 Å². The maximum absolute atomic E-state index is 12.3. The van der Waals surface area contributed by atoms with Crippen molar-refractivity contribution in [2.45, 2.75) is 19.1 Å². The van der Waals surface area contributed by atoms with Crippen molar-refractivity contribution in [3.05, 3.63) is 40.4 Å². The molecule has 0 aromatic heterocycles. The summed E-state index contributed by atoms with van der Waals surface area (Å²) >= 11 is 1.17. The maximum atomic E-state index is 12.3. The third-order valence-corrected chi connectivity index (χ3v) is 4.09. The largest absolute Gasteiger partial charge is 0.365 e. The van der Waals surface area contributed by atoms with Crippen molar-refractivity contribution in [3.63, 3.8) is 0 Å². The fourth-order valence-corrected chi connectivity index (χ4v) is 2.98. The summed E-state index contributed by atoms with van der Waals surface area (Å²) in [6, 6.07) is 9.08. The van der Waals surface area contributed by atoms with Crippen molar-refractivity contribution < 1.29 is 9.59 Å². The van der Waals surface area contributed by atoms with Crippen LogP contribution in [0.4, 0.5) is 5.69 Å². The second kappa shape index (κ2) is 5.39. The molecule has 1 fully saturated rings. The SMILES string of the molecule is Cc1ccc(N2C(=O)[C@@H](C)S/C2=C(\C#N)C(N)=O)cc1. The lowest BCUT2D eigenvalue weighted by atomic mass is 10.2. The Balaban J connectivity index is 2.58. The number of anilines is 1. The fraction of sp³-hybridized carbons (Fsp3) is 0.214. The first kappa shape index (κ1) is 14.2. The second-order valence-electron chi connectivity index (χ2n) is 4.43. The molecule has 2 amide bonds. The zero-order valence-corrected chi connectivity index (χ0v) is 11.9. The van der Waals surface area contributed by atoms with Gasteiger partial charge in [-0.2, -0.15) is 5.26 Å². The highest BCUT2D eigenvalue weighted by Crippen LogP contribution is 2.40. The van der Waals surface area contributed by atoms with Crippen molar-refractivity contribution in [3.8, 4) is 6.07 Å². The van der Waals surface area contributed by atoms with E-state index in [4.69, 9.17) is 11.0 Å². The molecule has 1 heterocycles. The van der Waals surface area contributed by atoms with Crippen LogP contribution in [0.2, 0.25) is 0 Å². The predicted octanol–water partition coefficient (Wildman–Crippen LogP) is 1.68. The van der Waals surface area contributed by atoms with Crippen LogP contribution in [0.3, 0.4) is 0 Å². The van der Waals surface area contributed by atoms with Gasteiger partial charge in [0.2, 0.25) is 5.91 Å². The lowest BCUT2D eigenvalue weighted by Gasteiger charge is -2.18. The van der Waals surface area contributed by atoms with Gasteiger partial charge in [0.05, 0.1) is 5.25 Å². The van der Waals surface area contributed by atoms with Crippen LogP contribution < -0.4 is 10.6 Å². The first-order valence-electron chi connectivity index (χ1n) is 5.97. The second-order valence-corrected chi connectivity index (χ2v) is 5.75. The molecule has 0 unspecified atom stereocenters. The third-order valence-electron chi connectivity index (χ3n) is 2.92. The van der Waals surface area contributed by atoms with Gasteiger partial charge in [0.15, 0.2) is 0 Å². The zero-order chi connectivity index (χ0) is 14.9. The number of rotatable bonds is 2. The topological polar surface area (TPSA) is 87.2 Å². The van der Waals surface area contributed by atoms with E-state index in [2.05, 4.69) is 0 Å². The van der Waals surface area contributed by atoms with Gasteiger partial charge >= 0.3 is 0 Å². The number of benzene rings is 1. The van der Waals surface area contributed by atoms with Gasteiger partial charge in [-0.1, -0.05) is 29.5 Å². The van der Waals surface area contributed by atoms with E-state index in [9.17, 15) is 9.59 Å². The number of nitrogens with zero attached hydrogens (tertiary/aromatic N) is 2. The fourth-order valence-electron chi connectivity index (χ4n) is 1.87. The third kappa shape index (κ3) is 2.40. The Labute approximate surface area is 121 Å². The van der Waals surface area contributed by atoms with Crippen molar-refractivity contribution in [1.82, 2.24) is 0 Å².